The number of hydrogen-bond donors (Lipinski definition) is 2. The van der Waals surface area contributed by atoms with Crippen LogP contribution >= 0.6 is 11.6 Å². The fourth-order valence-corrected chi connectivity index (χ4v) is 4.60. The Bertz CT molecular complexity index is 1010. The molecule has 4 rings (SSSR count). The zero-order valence-corrected chi connectivity index (χ0v) is 19.3. The van der Waals surface area contributed by atoms with Crippen LogP contribution in [-0.4, -0.2) is 45.9 Å². The monoisotopic (exact) mass is 430 g/mol. The van der Waals surface area contributed by atoms with Crippen molar-refractivity contribution < 1.29 is 4.74 Å². The molecule has 0 radical (unpaired) electrons. The molecule has 0 spiro atoms. The Balaban J connectivity index is 1.83. The maximum absolute atomic E-state index is 6.70. The summed E-state index contributed by atoms with van der Waals surface area (Å²) < 4.78 is 8.31. The fourth-order valence-electron chi connectivity index (χ4n) is 4.37. The lowest BCUT2D eigenvalue weighted by atomic mass is 9.98. The summed E-state index contributed by atoms with van der Waals surface area (Å²) in [7, 11) is 0. The number of benzene rings is 1. The van der Waals surface area contributed by atoms with Crippen molar-refractivity contribution >= 4 is 23.3 Å². The van der Waals surface area contributed by atoms with Crippen LogP contribution in [0.3, 0.4) is 0 Å². The van der Waals surface area contributed by atoms with Crippen LogP contribution in [0.2, 0.25) is 5.02 Å². The molecule has 2 aliphatic heterocycles. The largest absolute Gasteiger partial charge is 0.492 e. The van der Waals surface area contributed by atoms with E-state index in [0.717, 1.165) is 57.6 Å². The number of nitrogens with one attached hydrogen (secondary N) is 1. The molecule has 2 aliphatic rings. The first-order chi connectivity index (χ1) is 14.2. The number of nitrogens with zero attached hydrogens (tertiary/aromatic N) is 4. The van der Waals surface area contributed by atoms with Crippen LogP contribution in [0.15, 0.2) is 11.1 Å². The predicted molar refractivity (Wildman–Crippen MR) is 122 cm³/mol. The number of aryl methyl sites for hydroxylation is 1. The summed E-state index contributed by atoms with van der Waals surface area (Å²) in [5.41, 5.74) is 11.2. The maximum Gasteiger partial charge on any atom is 0.137 e. The number of aliphatic imine (C=N–C) groups is 1. The van der Waals surface area contributed by atoms with E-state index in [0.29, 0.717) is 18.5 Å². The summed E-state index contributed by atoms with van der Waals surface area (Å²) in [5, 5.41) is 8.98. The lowest BCUT2D eigenvalue weighted by Gasteiger charge is -2.26. The van der Waals surface area contributed by atoms with Gasteiger partial charge < -0.3 is 15.8 Å². The lowest BCUT2D eigenvalue weighted by Crippen LogP contribution is -2.32. The Morgan fingerprint density at radius 1 is 1.30 bits per heavy atom. The highest BCUT2D eigenvalue weighted by molar-refractivity contribution is 6.31. The van der Waals surface area contributed by atoms with Crippen molar-refractivity contribution in [2.24, 2.45) is 10.7 Å². The number of anilines is 1. The highest BCUT2D eigenvalue weighted by atomic mass is 35.5. The second kappa shape index (κ2) is 7.78. The third-order valence-electron chi connectivity index (χ3n) is 6.18. The van der Waals surface area contributed by atoms with E-state index in [9.17, 15) is 0 Å². The van der Waals surface area contributed by atoms with E-state index >= 15 is 0 Å². The minimum atomic E-state index is -0.103. The molecule has 0 fully saturated rings. The highest BCUT2D eigenvalue weighted by Crippen LogP contribution is 2.41. The van der Waals surface area contributed by atoms with Gasteiger partial charge in [-0.05, 0) is 53.2 Å². The average Bonchev–Trinajstić information content (AvgIpc) is 2.86. The topological polar surface area (TPSA) is 80.7 Å². The van der Waals surface area contributed by atoms with Gasteiger partial charge in [-0.15, -0.1) is 0 Å². The second-order valence-electron chi connectivity index (χ2n) is 8.56. The Morgan fingerprint density at radius 3 is 2.73 bits per heavy atom. The molecule has 0 bridgehead atoms. The van der Waals surface area contributed by atoms with Crippen molar-refractivity contribution in [3.8, 4) is 5.75 Å². The van der Waals surface area contributed by atoms with Gasteiger partial charge in [-0.2, -0.15) is 5.10 Å². The van der Waals surface area contributed by atoms with Gasteiger partial charge in [0, 0.05) is 35.3 Å². The van der Waals surface area contributed by atoms with Crippen molar-refractivity contribution in [1.29, 1.82) is 0 Å². The molecule has 1 aromatic heterocycles. The van der Waals surface area contributed by atoms with E-state index in [-0.39, 0.29) is 12.2 Å². The van der Waals surface area contributed by atoms with Gasteiger partial charge in [0.2, 0.25) is 0 Å². The number of amidine groups is 1. The maximum atomic E-state index is 6.70. The lowest BCUT2D eigenvalue weighted by molar-refractivity contribution is 0.188. The number of rotatable bonds is 3. The minimum Gasteiger partial charge on any atom is -0.492 e. The van der Waals surface area contributed by atoms with Crippen LogP contribution in [0, 0.1) is 13.8 Å². The Kier molecular flexibility index (Phi) is 5.45. The van der Waals surface area contributed by atoms with Gasteiger partial charge in [0.15, 0.2) is 0 Å². The molecule has 3 N–H and O–H groups in total. The van der Waals surface area contributed by atoms with E-state index in [2.05, 4.69) is 42.9 Å². The molecule has 0 aliphatic carbocycles. The van der Waals surface area contributed by atoms with E-state index < -0.39 is 0 Å². The molecular weight excluding hydrogens is 400 g/mol. The summed E-state index contributed by atoms with van der Waals surface area (Å²) >= 11 is 6.70. The quantitative estimate of drug-likeness (QED) is 0.773. The van der Waals surface area contributed by atoms with Crippen molar-refractivity contribution in [3.63, 3.8) is 0 Å². The first kappa shape index (κ1) is 21.0. The fraction of sp³-hybridized carbons (Fsp3) is 0.545. The number of fused-ring (bicyclic) bond motifs is 2. The molecule has 8 heteroatoms. The third kappa shape index (κ3) is 3.44. The summed E-state index contributed by atoms with van der Waals surface area (Å²) in [5.74, 6) is 2.35. The number of ether oxygens (including phenoxy) is 1. The van der Waals surface area contributed by atoms with E-state index in [1.54, 1.807) is 0 Å². The number of halogens is 1. The van der Waals surface area contributed by atoms with Crippen LogP contribution in [0.5, 0.6) is 5.75 Å². The molecular formula is C22H31ClN6O. The van der Waals surface area contributed by atoms with Crippen LogP contribution in [-0.2, 0) is 6.54 Å². The SMILES string of the molecule is Cc1nn(C(C)c2cc(Cl)c(C)c3c2OCCN(C(C)C)C3)c2c1C(N)=NC(C)N2. The molecule has 0 amide bonds. The third-order valence-corrected chi connectivity index (χ3v) is 6.58. The van der Waals surface area contributed by atoms with Crippen molar-refractivity contribution in [2.75, 3.05) is 18.5 Å². The van der Waals surface area contributed by atoms with Crippen molar-refractivity contribution in [1.82, 2.24) is 14.7 Å². The van der Waals surface area contributed by atoms with Crippen LogP contribution in [0.4, 0.5) is 5.82 Å². The van der Waals surface area contributed by atoms with E-state index in [4.69, 9.17) is 27.2 Å². The van der Waals surface area contributed by atoms with Gasteiger partial charge >= 0.3 is 0 Å². The first-order valence-corrected chi connectivity index (χ1v) is 10.9. The zero-order chi connectivity index (χ0) is 21.7. The van der Waals surface area contributed by atoms with Crippen LogP contribution < -0.4 is 15.8 Å². The molecule has 2 atom stereocenters. The Morgan fingerprint density at radius 2 is 2.03 bits per heavy atom. The van der Waals surface area contributed by atoms with Gasteiger partial charge in [-0.1, -0.05) is 11.6 Å². The molecule has 3 heterocycles. The normalized spacial score (nSPS) is 20.0. The zero-order valence-electron chi connectivity index (χ0n) is 18.6. The molecule has 1 aromatic carbocycles. The predicted octanol–water partition coefficient (Wildman–Crippen LogP) is 3.84. The molecule has 30 heavy (non-hydrogen) atoms. The summed E-state index contributed by atoms with van der Waals surface area (Å²) in [4.78, 5) is 6.86. The highest BCUT2D eigenvalue weighted by Gasteiger charge is 2.30. The second-order valence-corrected chi connectivity index (χ2v) is 8.96. The van der Waals surface area contributed by atoms with Crippen LogP contribution in [0.25, 0.3) is 0 Å². The Hall–Kier alpha value is -2.25. The van der Waals surface area contributed by atoms with E-state index in [1.807, 2.05) is 24.6 Å². The van der Waals surface area contributed by atoms with E-state index in [1.165, 1.54) is 0 Å². The number of aromatic nitrogens is 2. The van der Waals surface area contributed by atoms with Gasteiger partial charge in [-0.3, -0.25) is 4.90 Å². The Labute approximate surface area is 183 Å². The first-order valence-electron chi connectivity index (χ1n) is 10.6. The van der Waals surface area contributed by atoms with Gasteiger partial charge in [0.25, 0.3) is 0 Å². The molecule has 2 unspecified atom stereocenters. The minimum absolute atomic E-state index is 0.0875. The molecule has 2 aromatic rings. The summed E-state index contributed by atoms with van der Waals surface area (Å²) in [6, 6.07) is 2.38. The summed E-state index contributed by atoms with van der Waals surface area (Å²) in [6.45, 7) is 14.9. The van der Waals surface area contributed by atoms with Gasteiger partial charge in [-0.25, -0.2) is 9.67 Å². The smallest absolute Gasteiger partial charge is 0.137 e. The van der Waals surface area contributed by atoms with Crippen molar-refractivity contribution in [3.05, 3.63) is 39.0 Å². The van der Waals surface area contributed by atoms with Crippen molar-refractivity contribution in [2.45, 2.75) is 66.3 Å². The van der Waals surface area contributed by atoms with Crippen LogP contribution in [0.1, 0.15) is 61.7 Å². The van der Waals surface area contributed by atoms with Gasteiger partial charge in [0.05, 0.1) is 17.3 Å². The molecule has 162 valence electrons. The standard InChI is InChI=1S/C22H31ClN6O/c1-11(2)28-7-8-30-20-16(9-18(23)12(3)17(20)10-28)14(5)29-22-19(13(4)27-29)21(24)25-15(6)26-22/h9,11,14-15,26H,7-8,10H2,1-6H3,(H2,24,25). The molecule has 7 nitrogen and oxygen atoms in total. The van der Waals surface area contributed by atoms with Gasteiger partial charge in [0.1, 0.15) is 30.2 Å². The average molecular weight is 431 g/mol. The summed E-state index contributed by atoms with van der Waals surface area (Å²) in [6.07, 6.45) is -0.103. The molecule has 0 saturated carbocycles. The number of hydrogen-bond acceptors (Lipinski definition) is 6. The number of nitrogens with two attached hydrogens (primary N) is 1. The molecule has 0 saturated heterocycles.